The molecular weight excluding hydrogens is 342 g/mol. The lowest BCUT2D eigenvalue weighted by molar-refractivity contribution is 0.351. The van der Waals surface area contributed by atoms with Gasteiger partial charge in [-0.1, -0.05) is 0 Å². The van der Waals surface area contributed by atoms with Gasteiger partial charge < -0.3 is 0 Å². The molecule has 0 saturated heterocycles. The average molecular weight is 345 g/mol. The van der Waals surface area contributed by atoms with Gasteiger partial charge >= 0.3 is 0 Å². The fourth-order valence-electron chi connectivity index (χ4n) is 0.475. The van der Waals surface area contributed by atoms with Gasteiger partial charge in [-0.25, -0.2) is 0 Å². The lowest BCUT2D eigenvalue weighted by Crippen LogP contribution is -1.73. The first-order valence-corrected chi connectivity index (χ1v) is 4.48. The number of rotatable bonds is 0. The van der Waals surface area contributed by atoms with E-state index in [1.807, 2.05) is 34.7 Å². The van der Waals surface area contributed by atoms with Gasteiger partial charge in [0.25, 0.3) is 0 Å². The minimum atomic E-state index is 0.107. The molecule has 1 aromatic rings. The Morgan fingerprint density at radius 2 is 1.89 bits per heavy atom. The molecule has 0 bridgehead atoms. The van der Waals surface area contributed by atoms with E-state index < -0.39 is 0 Å². The first-order chi connectivity index (χ1) is 4.20. The second kappa shape index (κ2) is 3.05. The van der Waals surface area contributed by atoms with Crippen LogP contribution in [0.5, 0.6) is 5.75 Å². The van der Waals surface area contributed by atoms with Crippen molar-refractivity contribution < 1.29 is 5.11 Å². The summed E-state index contributed by atoms with van der Waals surface area (Å²) in [5, 5.41) is 10.8. The Labute approximate surface area is 80.7 Å². The smallest absolute Gasteiger partial charge is 0.191 e. The van der Waals surface area contributed by atoms with E-state index in [9.17, 15) is 5.11 Å². The predicted molar refractivity (Wildman–Crippen MR) is 52.0 cm³/mol. The lowest BCUT2D eigenvalue weighted by Gasteiger charge is -1.91. The molecule has 3 heteroatoms. The first kappa shape index (κ1) is 7.59. The Hall–Kier alpha value is 0.480. The molecule has 0 amide bonds. The molecule has 0 N–H and O–H groups in total. The largest absolute Gasteiger partial charge is 0.289 e. The van der Waals surface area contributed by atoms with Crippen LogP contribution in [0, 0.1) is 7.14 Å². The molecule has 1 radical (unpaired) electrons. The van der Waals surface area contributed by atoms with Crippen molar-refractivity contribution in [3.63, 3.8) is 0 Å². The predicted octanol–water partition coefficient (Wildman–Crippen LogP) is 3.04. The fourth-order valence-corrected chi connectivity index (χ4v) is 2.08. The molecular formula is C6H3I2O. The maximum absolute atomic E-state index is 10.8. The van der Waals surface area contributed by atoms with Gasteiger partial charge in [0, 0.05) is 3.57 Å². The fraction of sp³-hybridized carbons (Fsp3) is 0. The van der Waals surface area contributed by atoms with E-state index in [4.69, 9.17) is 0 Å². The van der Waals surface area contributed by atoms with Crippen LogP contribution < -0.4 is 0 Å². The molecule has 0 aliphatic heterocycles. The molecule has 0 aliphatic rings. The molecule has 0 saturated carbocycles. The topological polar surface area (TPSA) is 19.9 Å². The van der Waals surface area contributed by atoms with E-state index in [-0.39, 0.29) is 5.75 Å². The van der Waals surface area contributed by atoms with Crippen molar-refractivity contribution in [2.45, 2.75) is 0 Å². The van der Waals surface area contributed by atoms with Crippen LogP contribution in [0.1, 0.15) is 0 Å². The normalized spacial score (nSPS) is 9.56. The maximum atomic E-state index is 10.8. The Morgan fingerprint density at radius 3 is 2.33 bits per heavy atom. The van der Waals surface area contributed by atoms with Crippen LogP contribution in [-0.4, -0.2) is 0 Å². The maximum Gasteiger partial charge on any atom is 0.191 e. The van der Waals surface area contributed by atoms with Gasteiger partial charge in [0.15, 0.2) is 5.75 Å². The zero-order valence-electron chi connectivity index (χ0n) is 4.40. The third-order valence-electron chi connectivity index (χ3n) is 0.894. The van der Waals surface area contributed by atoms with Crippen LogP contribution in [0.4, 0.5) is 0 Å². The molecule has 0 spiro atoms. The van der Waals surface area contributed by atoms with E-state index in [0.717, 1.165) is 7.14 Å². The van der Waals surface area contributed by atoms with E-state index in [1.54, 1.807) is 6.07 Å². The second-order valence-electron chi connectivity index (χ2n) is 1.57. The van der Waals surface area contributed by atoms with Crippen LogP contribution in [0.2, 0.25) is 0 Å². The summed E-state index contributed by atoms with van der Waals surface area (Å²) in [6.07, 6.45) is 0. The van der Waals surface area contributed by atoms with Gasteiger partial charge in [0.2, 0.25) is 0 Å². The van der Waals surface area contributed by atoms with Gasteiger partial charge in [0.1, 0.15) is 0 Å². The Bertz CT molecular complexity index is 222. The zero-order chi connectivity index (χ0) is 6.85. The van der Waals surface area contributed by atoms with Crippen molar-refractivity contribution in [2.75, 3.05) is 0 Å². The van der Waals surface area contributed by atoms with E-state index in [2.05, 4.69) is 22.6 Å². The SMILES string of the molecule is [O]c1ccc(I)cc1I. The quantitative estimate of drug-likeness (QED) is 0.645. The standard InChI is InChI=1S/C6H3I2O/c7-4-1-2-6(9)5(8)3-4/h1-3H. The first-order valence-electron chi connectivity index (χ1n) is 2.32. The summed E-state index contributed by atoms with van der Waals surface area (Å²) in [5.74, 6) is 0.107. The minimum absolute atomic E-state index is 0.107. The summed E-state index contributed by atoms with van der Waals surface area (Å²) >= 11 is 4.21. The number of halogens is 2. The number of benzene rings is 1. The monoisotopic (exact) mass is 345 g/mol. The molecule has 0 atom stereocenters. The van der Waals surface area contributed by atoms with Crippen molar-refractivity contribution in [3.05, 3.63) is 25.3 Å². The van der Waals surface area contributed by atoms with Crippen LogP contribution >= 0.6 is 45.2 Å². The van der Waals surface area contributed by atoms with Crippen molar-refractivity contribution >= 4 is 45.2 Å². The number of hydrogen-bond donors (Lipinski definition) is 0. The highest BCUT2D eigenvalue weighted by atomic mass is 127. The summed E-state index contributed by atoms with van der Waals surface area (Å²) in [5.41, 5.74) is 0. The third kappa shape index (κ3) is 1.96. The Balaban J connectivity index is 3.17. The molecule has 0 fully saturated rings. The van der Waals surface area contributed by atoms with Gasteiger partial charge in [-0.2, -0.15) is 0 Å². The highest BCUT2D eigenvalue weighted by Crippen LogP contribution is 2.21. The summed E-state index contributed by atoms with van der Waals surface area (Å²) in [7, 11) is 0. The van der Waals surface area contributed by atoms with Gasteiger partial charge in [-0.15, -0.1) is 0 Å². The zero-order valence-corrected chi connectivity index (χ0v) is 8.71. The van der Waals surface area contributed by atoms with Crippen LogP contribution in [0.25, 0.3) is 0 Å². The molecule has 0 aliphatic carbocycles. The summed E-state index contributed by atoms with van der Waals surface area (Å²) < 4.78 is 1.90. The van der Waals surface area contributed by atoms with Gasteiger partial charge in [-0.05, 0) is 63.4 Å². The third-order valence-corrected chi connectivity index (χ3v) is 2.41. The summed E-state index contributed by atoms with van der Waals surface area (Å²) in [4.78, 5) is 0. The molecule has 0 heterocycles. The van der Waals surface area contributed by atoms with Crippen molar-refractivity contribution in [1.82, 2.24) is 0 Å². The second-order valence-corrected chi connectivity index (χ2v) is 3.98. The Kier molecular flexibility index (Phi) is 2.57. The van der Waals surface area contributed by atoms with Crippen LogP contribution in [0.3, 0.4) is 0 Å². The lowest BCUT2D eigenvalue weighted by atomic mass is 10.3. The van der Waals surface area contributed by atoms with E-state index in [0.29, 0.717) is 0 Å². The van der Waals surface area contributed by atoms with E-state index >= 15 is 0 Å². The number of hydrogen-bond acceptors (Lipinski definition) is 0. The molecule has 0 unspecified atom stereocenters. The Morgan fingerprint density at radius 1 is 1.22 bits per heavy atom. The van der Waals surface area contributed by atoms with E-state index in [1.165, 1.54) is 0 Å². The van der Waals surface area contributed by atoms with Crippen LogP contribution in [-0.2, 0) is 5.11 Å². The van der Waals surface area contributed by atoms with Crippen molar-refractivity contribution in [3.8, 4) is 5.75 Å². The van der Waals surface area contributed by atoms with Gasteiger partial charge in [-0.3, -0.25) is 5.11 Å². The molecule has 1 nitrogen and oxygen atoms in total. The highest BCUT2D eigenvalue weighted by Gasteiger charge is 1.97. The summed E-state index contributed by atoms with van der Waals surface area (Å²) in [6, 6.07) is 5.26. The molecule has 9 heavy (non-hydrogen) atoms. The summed E-state index contributed by atoms with van der Waals surface area (Å²) in [6.45, 7) is 0. The molecule has 1 rings (SSSR count). The minimum Gasteiger partial charge on any atom is -0.289 e. The van der Waals surface area contributed by atoms with Crippen molar-refractivity contribution in [1.29, 1.82) is 0 Å². The van der Waals surface area contributed by atoms with Gasteiger partial charge in [0.05, 0.1) is 3.57 Å². The van der Waals surface area contributed by atoms with Crippen molar-refractivity contribution in [2.24, 2.45) is 0 Å². The molecule has 1 aromatic carbocycles. The van der Waals surface area contributed by atoms with Crippen LogP contribution in [0.15, 0.2) is 18.2 Å². The molecule has 47 valence electrons. The highest BCUT2D eigenvalue weighted by molar-refractivity contribution is 14.1. The average Bonchev–Trinajstić information content (AvgIpc) is 1.80. The molecule has 0 aromatic heterocycles.